The van der Waals surface area contributed by atoms with Gasteiger partial charge < -0.3 is 20.7 Å². The van der Waals surface area contributed by atoms with Crippen LogP contribution in [0, 0.1) is 0 Å². The van der Waals surface area contributed by atoms with E-state index in [1.165, 1.54) is 0 Å². The summed E-state index contributed by atoms with van der Waals surface area (Å²) in [6.07, 6.45) is 0. The van der Waals surface area contributed by atoms with Crippen molar-refractivity contribution < 1.29 is 14.3 Å². The first-order chi connectivity index (χ1) is 14.5. The molecule has 3 rings (SSSR count). The first kappa shape index (κ1) is 20.9. The molecule has 0 aliphatic rings. The van der Waals surface area contributed by atoms with E-state index in [1.54, 1.807) is 36.4 Å². The minimum absolute atomic E-state index is 0.0103. The summed E-state index contributed by atoms with van der Waals surface area (Å²) in [5.74, 6) is 0.536. The number of benzene rings is 3. The number of carbonyl (C=O) groups excluding carboxylic acids is 2. The Hall–Kier alpha value is -3.80. The number of nitrogens with one attached hydrogen (secondary N) is 3. The number of hydrogen-bond acceptors (Lipinski definition) is 3. The fraction of sp³-hybridized carbons (Fsp3) is 0.167. The zero-order valence-electron chi connectivity index (χ0n) is 17.0. The average Bonchev–Trinajstić information content (AvgIpc) is 2.74. The average molecular weight is 403 g/mol. The molecule has 6 heteroatoms. The minimum atomic E-state index is -0.325. The largest absolute Gasteiger partial charge is 0.489 e. The second kappa shape index (κ2) is 10.1. The number of carbonyl (C=O) groups is 2. The van der Waals surface area contributed by atoms with E-state index in [1.807, 2.05) is 56.3 Å². The zero-order chi connectivity index (χ0) is 21.3. The predicted molar refractivity (Wildman–Crippen MR) is 119 cm³/mol. The van der Waals surface area contributed by atoms with Gasteiger partial charge in [0.1, 0.15) is 12.4 Å². The molecule has 30 heavy (non-hydrogen) atoms. The third-order valence-corrected chi connectivity index (χ3v) is 4.21. The summed E-state index contributed by atoms with van der Waals surface area (Å²) in [6.45, 7) is 4.17. The van der Waals surface area contributed by atoms with Crippen molar-refractivity contribution in [1.82, 2.24) is 5.32 Å². The summed E-state index contributed by atoms with van der Waals surface area (Å²) in [7, 11) is 0. The third-order valence-electron chi connectivity index (χ3n) is 4.21. The van der Waals surface area contributed by atoms with Crippen molar-refractivity contribution >= 4 is 23.3 Å². The van der Waals surface area contributed by atoms with Crippen molar-refractivity contribution in [2.24, 2.45) is 0 Å². The molecule has 0 fully saturated rings. The molecule has 3 aromatic carbocycles. The van der Waals surface area contributed by atoms with Crippen molar-refractivity contribution in [3.63, 3.8) is 0 Å². The van der Waals surface area contributed by atoms with E-state index in [2.05, 4.69) is 16.0 Å². The molecular formula is C24H25N3O3. The van der Waals surface area contributed by atoms with Crippen molar-refractivity contribution in [3.05, 3.63) is 90.0 Å². The summed E-state index contributed by atoms with van der Waals surface area (Å²) in [6, 6.07) is 23.5. The monoisotopic (exact) mass is 403 g/mol. The molecule has 0 bridgehead atoms. The second-order valence-corrected chi connectivity index (χ2v) is 7.05. The Morgan fingerprint density at radius 3 is 2.03 bits per heavy atom. The highest BCUT2D eigenvalue weighted by Gasteiger charge is 2.11. The molecule has 154 valence electrons. The second-order valence-electron chi connectivity index (χ2n) is 7.05. The van der Waals surface area contributed by atoms with E-state index in [4.69, 9.17) is 4.74 Å². The molecule has 3 amide bonds. The molecule has 0 aliphatic heterocycles. The van der Waals surface area contributed by atoms with Gasteiger partial charge in [-0.1, -0.05) is 42.5 Å². The van der Waals surface area contributed by atoms with E-state index in [9.17, 15) is 9.59 Å². The Labute approximate surface area is 176 Å². The lowest BCUT2D eigenvalue weighted by Gasteiger charge is -2.14. The zero-order valence-corrected chi connectivity index (χ0v) is 17.0. The Kier molecular flexibility index (Phi) is 7.05. The normalized spacial score (nSPS) is 10.4. The maximum absolute atomic E-state index is 12.6. The number of amides is 3. The van der Waals surface area contributed by atoms with E-state index in [-0.39, 0.29) is 18.0 Å². The van der Waals surface area contributed by atoms with Crippen LogP contribution in [0.25, 0.3) is 0 Å². The van der Waals surface area contributed by atoms with Crippen LogP contribution in [-0.2, 0) is 6.61 Å². The lowest BCUT2D eigenvalue weighted by atomic mass is 10.1. The molecule has 0 saturated carbocycles. The van der Waals surface area contributed by atoms with Crippen LogP contribution in [-0.4, -0.2) is 18.0 Å². The Morgan fingerprint density at radius 2 is 1.40 bits per heavy atom. The maximum Gasteiger partial charge on any atom is 0.319 e. The molecule has 0 atom stereocenters. The van der Waals surface area contributed by atoms with Crippen LogP contribution in [0.5, 0.6) is 5.75 Å². The number of anilines is 2. The van der Waals surface area contributed by atoms with Crippen LogP contribution in [0.1, 0.15) is 29.8 Å². The predicted octanol–water partition coefficient (Wildman–Crippen LogP) is 5.05. The van der Waals surface area contributed by atoms with Crippen LogP contribution in [0.15, 0.2) is 78.9 Å². The number of para-hydroxylation sites is 3. The van der Waals surface area contributed by atoms with E-state index < -0.39 is 0 Å². The van der Waals surface area contributed by atoms with Gasteiger partial charge in [0.25, 0.3) is 5.91 Å². The van der Waals surface area contributed by atoms with Crippen molar-refractivity contribution in [1.29, 1.82) is 0 Å². The van der Waals surface area contributed by atoms with E-state index in [0.717, 1.165) is 11.3 Å². The van der Waals surface area contributed by atoms with Gasteiger partial charge in [-0.2, -0.15) is 0 Å². The van der Waals surface area contributed by atoms with Gasteiger partial charge in [-0.15, -0.1) is 0 Å². The van der Waals surface area contributed by atoms with Gasteiger partial charge in [-0.05, 0) is 55.8 Å². The van der Waals surface area contributed by atoms with Gasteiger partial charge in [0.2, 0.25) is 0 Å². The van der Waals surface area contributed by atoms with Crippen LogP contribution >= 0.6 is 0 Å². The number of ether oxygens (including phenoxy) is 1. The number of hydrogen-bond donors (Lipinski definition) is 3. The van der Waals surface area contributed by atoms with Gasteiger partial charge in [0.05, 0.1) is 11.4 Å². The Morgan fingerprint density at radius 1 is 0.800 bits per heavy atom. The Balaban J connectivity index is 1.61. The smallest absolute Gasteiger partial charge is 0.319 e. The SMILES string of the molecule is CC(C)NC(=O)Nc1ccccc1NC(=O)c1ccc(COc2ccccc2)cc1. The molecule has 3 aromatic rings. The first-order valence-corrected chi connectivity index (χ1v) is 9.76. The molecular weight excluding hydrogens is 378 g/mol. The highest BCUT2D eigenvalue weighted by Crippen LogP contribution is 2.22. The van der Waals surface area contributed by atoms with E-state index >= 15 is 0 Å². The lowest BCUT2D eigenvalue weighted by Crippen LogP contribution is -2.34. The van der Waals surface area contributed by atoms with Crippen LogP contribution in [0.2, 0.25) is 0 Å². The van der Waals surface area contributed by atoms with Gasteiger partial charge in [0.15, 0.2) is 0 Å². The summed E-state index contributed by atoms with van der Waals surface area (Å²) in [4.78, 5) is 24.6. The van der Waals surface area contributed by atoms with Crippen molar-refractivity contribution in [3.8, 4) is 5.75 Å². The molecule has 0 aromatic heterocycles. The fourth-order valence-corrected chi connectivity index (χ4v) is 2.75. The van der Waals surface area contributed by atoms with Crippen LogP contribution < -0.4 is 20.7 Å². The van der Waals surface area contributed by atoms with Gasteiger partial charge >= 0.3 is 6.03 Å². The summed E-state index contributed by atoms with van der Waals surface area (Å²) in [5.41, 5.74) is 2.53. The number of urea groups is 1. The fourth-order valence-electron chi connectivity index (χ4n) is 2.75. The molecule has 3 N–H and O–H groups in total. The number of rotatable bonds is 7. The highest BCUT2D eigenvalue weighted by atomic mass is 16.5. The summed E-state index contributed by atoms with van der Waals surface area (Å²) < 4.78 is 5.72. The summed E-state index contributed by atoms with van der Waals surface area (Å²) in [5, 5.41) is 8.37. The van der Waals surface area contributed by atoms with Gasteiger partial charge in [-0.25, -0.2) is 4.79 Å². The molecule has 0 heterocycles. The minimum Gasteiger partial charge on any atom is -0.489 e. The molecule has 0 saturated heterocycles. The molecule has 0 spiro atoms. The van der Waals surface area contributed by atoms with Crippen LogP contribution in [0.4, 0.5) is 16.2 Å². The standard InChI is InChI=1S/C24H25N3O3/c1-17(2)25-24(29)27-22-11-7-6-10-21(22)26-23(28)19-14-12-18(13-15-19)16-30-20-8-4-3-5-9-20/h3-15,17H,16H2,1-2H3,(H,26,28)(H2,25,27,29). The summed E-state index contributed by atoms with van der Waals surface area (Å²) >= 11 is 0. The topological polar surface area (TPSA) is 79.5 Å². The van der Waals surface area contributed by atoms with Crippen LogP contribution in [0.3, 0.4) is 0 Å². The first-order valence-electron chi connectivity index (χ1n) is 9.76. The van der Waals surface area contributed by atoms with E-state index in [0.29, 0.717) is 23.5 Å². The molecule has 0 radical (unpaired) electrons. The van der Waals surface area contributed by atoms with Gasteiger partial charge in [0, 0.05) is 11.6 Å². The van der Waals surface area contributed by atoms with Crippen molar-refractivity contribution in [2.45, 2.75) is 26.5 Å². The molecule has 6 nitrogen and oxygen atoms in total. The quantitative estimate of drug-likeness (QED) is 0.517. The highest BCUT2D eigenvalue weighted by molar-refractivity contribution is 6.07. The Bertz CT molecular complexity index is 986. The molecule has 0 unspecified atom stereocenters. The van der Waals surface area contributed by atoms with Crippen molar-refractivity contribution in [2.75, 3.05) is 10.6 Å². The lowest BCUT2D eigenvalue weighted by molar-refractivity contribution is 0.102. The molecule has 0 aliphatic carbocycles. The maximum atomic E-state index is 12.6. The van der Waals surface area contributed by atoms with Gasteiger partial charge in [-0.3, -0.25) is 4.79 Å². The third kappa shape index (κ3) is 6.10.